The van der Waals surface area contributed by atoms with E-state index in [1.54, 1.807) is 0 Å². The first-order valence-corrected chi connectivity index (χ1v) is 9.47. The largest absolute Gasteiger partial charge is 0.357 e. The molecule has 0 amide bonds. The van der Waals surface area contributed by atoms with Crippen LogP contribution in [-0.2, 0) is 6.54 Å². The summed E-state index contributed by atoms with van der Waals surface area (Å²) < 4.78 is 0. The Kier molecular flexibility index (Phi) is 10.5. The maximum absolute atomic E-state index is 4.90. The van der Waals surface area contributed by atoms with E-state index in [0.29, 0.717) is 6.04 Å². The third kappa shape index (κ3) is 7.40. The van der Waals surface area contributed by atoms with Gasteiger partial charge in [0.2, 0.25) is 0 Å². The van der Waals surface area contributed by atoms with Crippen LogP contribution >= 0.6 is 24.0 Å². The Labute approximate surface area is 176 Å². The molecule has 0 radical (unpaired) electrons. The number of nitrogens with zero attached hydrogens (tertiary/aromatic N) is 4. The summed E-state index contributed by atoms with van der Waals surface area (Å²) in [6.07, 6.45) is 0. The van der Waals surface area contributed by atoms with Crippen molar-refractivity contribution in [1.82, 2.24) is 20.0 Å². The second kappa shape index (κ2) is 11.8. The van der Waals surface area contributed by atoms with Crippen molar-refractivity contribution in [1.29, 1.82) is 0 Å². The number of guanidine groups is 1. The minimum absolute atomic E-state index is 0. The molecule has 1 aliphatic heterocycles. The fourth-order valence-electron chi connectivity index (χ4n) is 3.11. The minimum Gasteiger partial charge on any atom is -0.357 e. The lowest BCUT2D eigenvalue weighted by atomic mass is 10.1. The topological polar surface area (TPSA) is 34.1 Å². The van der Waals surface area contributed by atoms with Crippen LogP contribution in [0.15, 0.2) is 29.3 Å². The summed E-state index contributed by atoms with van der Waals surface area (Å²) in [5, 5.41) is 3.43. The Hall–Kier alpha value is -0.860. The van der Waals surface area contributed by atoms with Gasteiger partial charge in [-0.15, -0.1) is 24.0 Å². The SMILES string of the molecule is CCNC(=NCC(C)N1CCN(C)CC1)N(C)Cc1ccc(C)cc1.I. The maximum atomic E-state index is 4.90. The van der Waals surface area contributed by atoms with Crippen LogP contribution in [0, 0.1) is 6.92 Å². The molecular formula is C20H36IN5. The molecule has 148 valence electrons. The van der Waals surface area contributed by atoms with Crippen molar-refractivity contribution in [2.45, 2.75) is 33.4 Å². The van der Waals surface area contributed by atoms with Crippen LogP contribution in [0.25, 0.3) is 0 Å². The van der Waals surface area contributed by atoms with Crippen molar-refractivity contribution < 1.29 is 0 Å². The first kappa shape index (κ1) is 23.2. The Morgan fingerprint density at radius 2 is 1.81 bits per heavy atom. The molecule has 26 heavy (non-hydrogen) atoms. The fraction of sp³-hybridized carbons (Fsp3) is 0.650. The van der Waals surface area contributed by atoms with Crippen molar-refractivity contribution in [3.05, 3.63) is 35.4 Å². The van der Waals surface area contributed by atoms with Crippen LogP contribution < -0.4 is 5.32 Å². The lowest BCUT2D eigenvalue weighted by Crippen LogP contribution is -2.49. The molecule has 1 aromatic carbocycles. The molecule has 2 rings (SSSR count). The van der Waals surface area contributed by atoms with Gasteiger partial charge in [-0.05, 0) is 33.4 Å². The van der Waals surface area contributed by atoms with Gasteiger partial charge in [-0.25, -0.2) is 0 Å². The molecule has 0 aromatic heterocycles. The van der Waals surface area contributed by atoms with Gasteiger partial charge in [-0.3, -0.25) is 9.89 Å². The Balaban J connectivity index is 0.00000338. The molecule has 0 aliphatic carbocycles. The fourth-order valence-corrected chi connectivity index (χ4v) is 3.11. The van der Waals surface area contributed by atoms with E-state index in [-0.39, 0.29) is 24.0 Å². The van der Waals surface area contributed by atoms with Crippen LogP contribution in [-0.4, -0.2) is 80.1 Å². The van der Waals surface area contributed by atoms with E-state index in [0.717, 1.165) is 51.8 Å². The zero-order valence-corrected chi connectivity index (χ0v) is 19.4. The van der Waals surface area contributed by atoms with E-state index in [1.165, 1.54) is 11.1 Å². The molecule has 1 saturated heterocycles. The molecule has 0 bridgehead atoms. The Morgan fingerprint density at radius 1 is 1.19 bits per heavy atom. The van der Waals surface area contributed by atoms with Gasteiger partial charge in [0.05, 0.1) is 6.54 Å². The number of aliphatic imine (C=N–C) groups is 1. The predicted octanol–water partition coefficient (Wildman–Crippen LogP) is 2.65. The van der Waals surface area contributed by atoms with Crippen LogP contribution in [0.2, 0.25) is 0 Å². The maximum Gasteiger partial charge on any atom is 0.194 e. The van der Waals surface area contributed by atoms with Gasteiger partial charge >= 0.3 is 0 Å². The first-order chi connectivity index (χ1) is 12.0. The number of benzene rings is 1. The summed E-state index contributed by atoms with van der Waals surface area (Å²) in [6.45, 7) is 13.7. The Morgan fingerprint density at radius 3 is 2.38 bits per heavy atom. The molecule has 1 fully saturated rings. The number of aryl methyl sites for hydroxylation is 1. The van der Waals surface area contributed by atoms with Crippen molar-refractivity contribution in [3.8, 4) is 0 Å². The highest BCUT2D eigenvalue weighted by atomic mass is 127. The molecule has 1 unspecified atom stereocenters. The molecule has 0 spiro atoms. The summed E-state index contributed by atoms with van der Waals surface area (Å²) in [4.78, 5) is 12.1. The summed E-state index contributed by atoms with van der Waals surface area (Å²) in [5.74, 6) is 0.990. The van der Waals surface area contributed by atoms with Crippen LogP contribution in [0.3, 0.4) is 0 Å². The normalized spacial score (nSPS) is 17.5. The molecule has 0 saturated carbocycles. The minimum atomic E-state index is 0. The predicted molar refractivity (Wildman–Crippen MR) is 123 cm³/mol. The number of hydrogen-bond donors (Lipinski definition) is 1. The molecular weight excluding hydrogens is 437 g/mol. The standard InChI is InChI=1S/C20H35N5.HI/c1-6-21-20(24(5)16-19-9-7-17(2)8-10-19)22-15-18(3)25-13-11-23(4)12-14-25;/h7-10,18H,6,11-16H2,1-5H3,(H,21,22);1H. The van der Waals surface area contributed by atoms with Crippen molar-refractivity contribution in [3.63, 3.8) is 0 Å². The highest BCUT2D eigenvalue weighted by Crippen LogP contribution is 2.08. The smallest absolute Gasteiger partial charge is 0.194 e. The summed E-state index contributed by atoms with van der Waals surface area (Å²) in [7, 11) is 4.31. The van der Waals surface area contributed by atoms with Crippen molar-refractivity contribution in [2.75, 3.05) is 53.4 Å². The molecule has 1 heterocycles. The van der Waals surface area contributed by atoms with Gasteiger partial charge in [-0.2, -0.15) is 0 Å². The first-order valence-electron chi connectivity index (χ1n) is 9.47. The van der Waals surface area contributed by atoms with Gasteiger partial charge in [0.1, 0.15) is 0 Å². The van der Waals surface area contributed by atoms with Gasteiger partial charge in [-0.1, -0.05) is 29.8 Å². The van der Waals surface area contributed by atoms with Gasteiger partial charge in [0.25, 0.3) is 0 Å². The highest BCUT2D eigenvalue weighted by Gasteiger charge is 2.19. The van der Waals surface area contributed by atoms with Crippen molar-refractivity contribution >= 4 is 29.9 Å². The Bertz CT molecular complexity index is 538. The molecule has 6 heteroatoms. The van der Waals surface area contributed by atoms with E-state index >= 15 is 0 Å². The van der Waals surface area contributed by atoms with Crippen LogP contribution in [0.5, 0.6) is 0 Å². The number of rotatable bonds is 6. The van der Waals surface area contributed by atoms with Gasteiger partial charge in [0.15, 0.2) is 5.96 Å². The number of halogens is 1. The second-order valence-electron chi connectivity index (χ2n) is 7.22. The summed E-state index contributed by atoms with van der Waals surface area (Å²) >= 11 is 0. The zero-order chi connectivity index (χ0) is 18.2. The van der Waals surface area contributed by atoms with E-state index in [2.05, 4.69) is 79.1 Å². The monoisotopic (exact) mass is 473 g/mol. The molecule has 1 N–H and O–H groups in total. The highest BCUT2D eigenvalue weighted by molar-refractivity contribution is 14.0. The number of piperazine rings is 1. The van der Waals surface area contributed by atoms with Crippen molar-refractivity contribution in [2.24, 2.45) is 4.99 Å². The average Bonchev–Trinajstić information content (AvgIpc) is 2.60. The number of nitrogens with one attached hydrogen (secondary N) is 1. The summed E-state index contributed by atoms with van der Waals surface area (Å²) in [5.41, 5.74) is 2.61. The van der Waals surface area contributed by atoms with E-state index in [9.17, 15) is 0 Å². The molecule has 1 aromatic rings. The zero-order valence-electron chi connectivity index (χ0n) is 17.0. The second-order valence-corrected chi connectivity index (χ2v) is 7.22. The molecule has 5 nitrogen and oxygen atoms in total. The lowest BCUT2D eigenvalue weighted by molar-refractivity contribution is 0.122. The van der Waals surface area contributed by atoms with E-state index in [4.69, 9.17) is 4.99 Å². The summed E-state index contributed by atoms with van der Waals surface area (Å²) in [6, 6.07) is 9.21. The van der Waals surface area contributed by atoms with Crippen LogP contribution in [0.1, 0.15) is 25.0 Å². The number of likely N-dealkylation sites (N-methyl/N-ethyl adjacent to an activating group) is 1. The van der Waals surface area contributed by atoms with Gasteiger partial charge < -0.3 is 15.1 Å². The lowest BCUT2D eigenvalue weighted by Gasteiger charge is -2.36. The van der Waals surface area contributed by atoms with E-state index in [1.807, 2.05) is 0 Å². The quantitative estimate of drug-likeness (QED) is 0.392. The van der Waals surface area contributed by atoms with Gasteiger partial charge in [0, 0.05) is 52.4 Å². The third-order valence-electron chi connectivity index (χ3n) is 4.90. The van der Waals surface area contributed by atoms with E-state index < -0.39 is 0 Å². The third-order valence-corrected chi connectivity index (χ3v) is 4.90. The van der Waals surface area contributed by atoms with Crippen LogP contribution in [0.4, 0.5) is 0 Å². The average molecular weight is 473 g/mol. The molecule has 1 atom stereocenters. The molecule has 1 aliphatic rings. The number of hydrogen-bond acceptors (Lipinski definition) is 3.